The summed E-state index contributed by atoms with van der Waals surface area (Å²) in [4.78, 5) is 10.00. The summed E-state index contributed by atoms with van der Waals surface area (Å²) in [6.07, 6.45) is 1.62. The zero-order valence-corrected chi connectivity index (χ0v) is 12.5. The van der Waals surface area contributed by atoms with Crippen LogP contribution in [-0.4, -0.2) is 16.5 Å². The van der Waals surface area contributed by atoms with Crippen LogP contribution in [0.5, 0.6) is 0 Å². The molecule has 0 atom stereocenters. The van der Waals surface area contributed by atoms with Crippen molar-refractivity contribution >= 4 is 38.7 Å². The van der Waals surface area contributed by atoms with Gasteiger partial charge in [0.25, 0.3) is 0 Å². The van der Waals surface area contributed by atoms with Crippen molar-refractivity contribution in [2.45, 2.75) is 19.3 Å². The van der Waals surface area contributed by atoms with E-state index in [0.29, 0.717) is 0 Å². The summed E-state index contributed by atoms with van der Waals surface area (Å²) in [6.45, 7) is 5.36. The van der Waals surface area contributed by atoms with Crippen molar-refractivity contribution in [1.29, 1.82) is 0 Å². The summed E-state index contributed by atoms with van der Waals surface area (Å²) >= 11 is 3.48. The fourth-order valence-corrected chi connectivity index (χ4v) is 3.63. The predicted molar refractivity (Wildman–Crippen MR) is 83.2 cm³/mol. The van der Waals surface area contributed by atoms with Gasteiger partial charge in [-0.05, 0) is 22.9 Å². The number of fused-ring (bicyclic) bond motifs is 1. The van der Waals surface area contributed by atoms with E-state index in [1.54, 1.807) is 29.0 Å². The van der Waals surface area contributed by atoms with Crippen LogP contribution < -0.4 is 5.32 Å². The first-order valence-corrected chi connectivity index (χ1v) is 7.89. The molecule has 0 radical (unpaired) electrons. The van der Waals surface area contributed by atoms with Crippen molar-refractivity contribution in [2.75, 3.05) is 11.9 Å². The van der Waals surface area contributed by atoms with Crippen molar-refractivity contribution in [3.05, 3.63) is 40.2 Å². The first kappa shape index (κ1) is 12.6. The summed E-state index contributed by atoms with van der Waals surface area (Å²) in [5, 5.41) is 7.64. The molecule has 3 rings (SSSR count). The second-order valence-corrected chi connectivity index (χ2v) is 6.94. The van der Waals surface area contributed by atoms with Gasteiger partial charge in [0.1, 0.15) is 12.1 Å². The average Bonchev–Trinajstić information content (AvgIpc) is 3.07. The number of hydrogen-bond donors (Lipinski definition) is 1. The summed E-state index contributed by atoms with van der Waals surface area (Å²) in [7, 11) is 0. The highest BCUT2D eigenvalue weighted by Gasteiger charge is 2.22. The minimum Gasteiger partial charge on any atom is -0.368 e. The molecular weight excluding hydrogens is 274 g/mol. The standard InChI is InChI=1S/C14H15N3S2/c1-14(2,11-4-3-6-18-11)8-15-13-12-10(5-7-19-12)16-9-17-13/h3-7,9H,8H2,1-2H3,(H,15,16,17). The molecule has 3 nitrogen and oxygen atoms in total. The third-order valence-corrected chi connectivity index (χ3v) is 5.28. The maximum atomic E-state index is 4.36. The Hall–Kier alpha value is -1.46. The molecule has 0 unspecified atom stereocenters. The van der Waals surface area contributed by atoms with Gasteiger partial charge in [0.15, 0.2) is 0 Å². The Labute approximate surface area is 120 Å². The van der Waals surface area contributed by atoms with Gasteiger partial charge in [-0.25, -0.2) is 9.97 Å². The first-order chi connectivity index (χ1) is 9.17. The second-order valence-electron chi connectivity index (χ2n) is 5.07. The second kappa shape index (κ2) is 4.90. The van der Waals surface area contributed by atoms with Crippen molar-refractivity contribution < 1.29 is 0 Å². The monoisotopic (exact) mass is 289 g/mol. The Morgan fingerprint density at radius 1 is 1.16 bits per heavy atom. The lowest BCUT2D eigenvalue weighted by Crippen LogP contribution is -2.26. The summed E-state index contributed by atoms with van der Waals surface area (Å²) in [6, 6.07) is 6.31. The van der Waals surface area contributed by atoms with E-state index in [2.05, 4.69) is 52.0 Å². The Morgan fingerprint density at radius 3 is 2.84 bits per heavy atom. The molecule has 0 amide bonds. The smallest absolute Gasteiger partial charge is 0.147 e. The van der Waals surface area contributed by atoms with E-state index in [9.17, 15) is 0 Å². The number of hydrogen-bond acceptors (Lipinski definition) is 5. The third-order valence-electron chi connectivity index (χ3n) is 3.13. The number of nitrogens with zero attached hydrogens (tertiary/aromatic N) is 2. The third kappa shape index (κ3) is 2.48. The van der Waals surface area contributed by atoms with Gasteiger partial charge in [-0.15, -0.1) is 22.7 Å². The van der Waals surface area contributed by atoms with Crippen LogP contribution in [0, 0.1) is 0 Å². The molecule has 0 saturated carbocycles. The molecular formula is C14H15N3S2. The Kier molecular flexibility index (Phi) is 3.24. The minimum absolute atomic E-state index is 0.0999. The molecule has 3 heterocycles. The van der Waals surface area contributed by atoms with E-state index in [1.165, 1.54) is 4.88 Å². The van der Waals surface area contributed by atoms with Gasteiger partial charge in [-0.1, -0.05) is 19.9 Å². The van der Waals surface area contributed by atoms with Crippen LogP contribution in [0.3, 0.4) is 0 Å². The Morgan fingerprint density at radius 2 is 2.05 bits per heavy atom. The number of thiophene rings is 2. The fraction of sp³-hybridized carbons (Fsp3) is 0.286. The van der Waals surface area contributed by atoms with Crippen molar-refractivity contribution in [1.82, 2.24) is 9.97 Å². The molecule has 0 aromatic carbocycles. The zero-order chi connectivity index (χ0) is 13.3. The molecule has 0 bridgehead atoms. The lowest BCUT2D eigenvalue weighted by atomic mass is 9.91. The van der Waals surface area contributed by atoms with E-state index >= 15 is 0 Å². The van der Waals surface area contributed by atoms with Gasteiger partial charge in [-0.2, -0.15) is 0 Å². The quantitative estimate of drug-likeness (QED) is 0.784. The first-order valence-electron chi connectivity index (χ1n) is 6.13. The van der Waals surface area contributed by atoms with Crippen LogP contribution in [0.4, 0.5) is 5.82 Å². The van der Waals surface area contributed by atoms with Gasteiger partial charge < -0.3 is 5.32 Å². The molecule has 3 aromatic heterocycles. The molecule has 1 N–H and O–H groups in total. The Balaban J connectivity index is 1.81. The summed E-state index contributed by atoms with van der Waals surface area (Å²) in [5.74, 6) is 0.935. The van der Waals surface area contributed by atoms with Gasteiger partial charge in [0.2, 0.25) is 0 Å². The van der Waals surface area contributed by atoms with E-state index in [4.69, 9.17) is 0 Å². The molecule has 0 fully saturated rings. The van der Waals surface area contributed by atoms with E-state index in [1.807, 2.05) is 6.07 Å². The molecule has 0 aliphatic heterocycles. The van der Waals surface area contributed by atoms with E-state index in [0.717, 1.165) is 22.6 Å². The van der Waals surface area contributed by atoms with Gasteiger partial charge in [0, 0.05) is 16.8 Å². The van der Waals surface area contributed by atoms with Crippen molar-refractivity contribution in [3.63, 3.8) is 0 Å². The lowest BCUT2D eigenvalue weighted by Gasteiger charge is -2.24. The molecule has 0 aliphatic carbocycles. The van der Waals surface area contributed by atoms with Gasteiger partial charge >= 0.3 is 0 Å². The van der Waals surface area contributed by atoms with E-state index in [-0.39, 0.29) is 5.41 Å². The molecule has 3 aromatic rings. The summed E-state index contributed by atoms with van der Waals surface area (Å²) in [5.41, 5.74) is 1.11. The largest absolute Gasteiger partial charge is 0.368 e. The average molecular weight is 289 g/mol. The number of nitrogens with one attached hydrogen (secondary N) is 1. The highest BCUT2D eigenvalue weighted by atomic mass is 32.1. The van der Waals surface area contributed by atoms with Crippen LogP contribution in [-0.2, 0) is 5.41 Å². The van der Waals surface area contributed by atoms with Crippen LogP contribution in [0.15, 0.2) is 35.3 Å². The normalized spacial score (nSPS) is 11.9. The van der Waals surface area contributed by atoms with Gasteiger partial charge in [0.05, 0.1) is 10.2 Å². The zero-order valence-electron chi connectivity index (χ0n) is 10.9. The predicted octanol–water partition coefficient (Wildman–Crippen LogP) is 4.14. The maximum Gasteiger partial charge on any atom is 0.147 e. The Bertz CT molecular complexity index is 671. The molecule has 0 saturated heterocycles. The van der Waals surface area contributed by atoms with Crippen molar-refractivity contribution in [3.8, 4) is 0 Å². The highest BCUT2D eigenvalue weighted by Crippen LogP contribution is 2.29. The highest BCUT2D eigenvalue weighted by molar-refractivity contribution is 7.17. The number of aromatic nitrogens is 2. The fourth-order valence-electron chi connectivity index (χ4n) is 1.97. The van der Waals surface area contributed by atoms with Crippen molar-refractivity contribution in [2.24, 2.45) is 0 Å². The van der Waals surface area contributed by atoms with Crippen LogP contribution >= 0.6 is 22.7 Å². The van der Waals surface area contributed by atoms with Gasteiger partial charge in [-0.3, -0.25) is 0 Å². The molecule has 0 spiro atoms. The van der Waals surface area contributed by atoms with Crippen LogP contribution in [0.1, 0.15) is 18.7 Å². The molecule has 5 heteroatoms. The SMILES string of the molecule is CC(C)(CNc1ncnc2ccsc12)c1cccs1. The minimum atomic E-state index is 0.0999. The lowest BCUT2D eigenvalue weighted by molar-refractivity contribution is 0.568. The van der Waals surface area contributed by atoms with E-state index < -0.39 is 0 Å². The summed E-state index contributed by atoms with van der Waals surface area (Å²) < 4.78 is 1.13. The van der Waals surface area contributed by atoms with Crippen LogP contribution in [0.2, 0.25) is 0 Å². The molecule has 19 heavy (non-hydrogen) atoms. The molecule has 0 aliphatic rings. The maximum absolute atomic E-state index is 4.36. The molecule has 98 valence electrons. The topological polar surface area (TPSA) is 37.8 Å². The van der Waals surface area contributed by atoms with Crippen LogP contribution in [0.25, 0.3) is 10.2 Å². The number of anilines is 1. The number of rotatable bonds is 4.